The number of halogens is 1. The Kier molecular flexibility index (Phi) is 8.50. The molecule has 6 nitrogen and oxygen atoms in total. The highest BCUT2D eigenvalue weighted by Crippen LogP contribution is 2.23. The van der Waals surface area contributed by atoms with Crippen molar-refractivity contribution in [1.82, 2.24) is 15.2 Å². The van der Waals surface area contributed by atoms with Gasteiger partial charge in [-0.1, -0.05) is 30.3 Å². The molecule has 0 spiro atoms. The molecule has 2 heterocycles. The van der Waals surface area contributed by atoms with Crippen LogP contribution in [0.5, 0.6) is 0 Å². The Bertz CT molecular complexity index is 827. The zero-order valence-electron chi connectivity index (χ0n) is 16.5. The molecule has 1 atom stereocenters. The smallest absolute Gasteiger partial charge is 0.250 e. The molecule has 2 N–H and O–H groups in total. The second-order valence-electron chi connectivity index (χ2n) is 7.16. The third-order valence-corrected chi connectivity index (χ3v) is 4.89. The number of guanidine groups is 1. The summed E-state index contributed by atoms with van der Waals surface area (Å²) in [6, 6.07) is 13.5. The lowest BCUT2D eigenvalue weighted by molar-refractivity contribution is 0.0243. The quantitative estimate of drug-likeness (QED) is 0.367. The Labute approximate surface area is 183 Å². The van der Waals surface area contributed by atoms with Crippen molar-refractivity contribution in [1.29, 1.82) is 0 Å². The average molecular weight is 496 g/mol. The predicted molar refractivity (Wildman–Crippen MR) is 123 cm³/mol. The van der Waals surface area contributed by atoms with Gasteiger partial charge in [-0.2, -0.15) is 0 Å². The Morgan fingerprint density at radius 3 is 2.57 bits per heavy atom. The molecule has 3 rings (SSSR count). The number of aliphatic imine (C=N–C) groups is 1. The number of hydrogen-bond donors (Lipinski definition) is 2. The lowest BCUT2D eigenvalue weighted by Gasteiger charge is -2.24. The van der Waals surface area contributed by atoms with E-state index in [-0.39, 0.29) is 35.1 Å². The van der Waals surface area contributed by atoms with E-state index >= 15 is 0 Å². The predicted octanol–water partition coefficient (Wildman–Crippen LogP) is 2.75. The highest BCUT2D eigenvalue weighted by molar-refractivity contribution is 14.0. The van der Waals surface area contributed by atoms with Crippen molar-refractivity contribution in [2.45, 2.75) is 38.5 Å². The number of benzene rings is 1. The SMILES string of the molecule is CN=C(NCc1ccc(Cn2ccccc2=O)cc1)NCC1(C)CCCO1.I. The molecule has 1 fully saturated rings. The largest absolute Gasteiger partial charge is 0.373 e. The monoisotopic (exact) mass is 496 g/mol. The molecule has 0 saturated carbocycles. The van der Waals surface area contributed by atoms with Gasteiger partial charge in [0.15, 0.2) is 5.96 Å². The van der Waals surface area contributed by atoms with Gasteiger partial charge in [0.05, 0.1) is 12.1 Å². The Hall–Kier alpha value is -1.87. The molecule has 1 aliphatic rings. The van der Waals surface area contributed by atoms with Crippen LogP contribution < -0.4 is 16.2 Å². The van der Waals surface area contributed by atoms with Crippen molar-refractivity contribution in [3.05, 3.63) is 70.1 Å². The Morgan fingerprint density at radius 1 is 1.18 bits per heavy atom. The molecule has 2 aromatic rings. The normalized spacial score (nSPS) is 19.1. The van der Waals surface area contributed by atoms with E-state index in [0.29, 0.717) is 13.1 Å². The third kappa shape index (κ3) is 6.34. The van der Waals surface area contributed by atoms with Crippen molar-refractivity contribution < 1.29 is 4.74 Å². The van der Waals surface area contributed by atoms with Crippen molar-refractivity contribution >= 4 is 29.9 Å². The second kappa shape index (κ2) is 10.6. The molecule has 1 saturated heterocycles. The van der Waals surface area contributed by atoms with Crippen LogP contribution in [-0.4, -0.2) is 36.3 Å². The lowest BCUT2D eigenvalue weighted by atomic mass is 10.0. The summed E-state index contributed by atoms with van der Waals surface area (Å²) in [7, 11) is 1.77. The van der Waals surface area contributed by atoms with E-state index in [0.717, 1.165) is 43.1 Å². The molecule has 1 aromatic heterocycles. The van der Waals surface area contributed by atoms with E-state index in [1.807, 2.05) is 12.3 Å². The van der Waals surface area contributed by atoms with E-state index in [9.17, 15) is 4.79 Å². The molecule has 0 radical (unpaired) electrons. The van der Waals surface area contributed by atoms with Crippen LogP contribution in [0.15, 0.2) is 58.4 Å². The van der Waals surface area contributed by atoms with Gasteiger partial charge in [0.25, 0.3) is 5.56 Å². The van der Waals surface area contributed by atoms with Crippen molar-refractivity contribution in [2.24, 2.45) is 4.99 Å². The van der Waals surface area contributed by atoms with Crippen LogP contribution in [-0.2, 0) is 17.8 Å². The van der Waals surface area contributed by atoms with Gasteiger partial charge in [-0.3, -0.25) is 9.79 Å². The summed E-state index contributed by atoms with van der Waals surface area (Å²) < 4.78 is 7.50. The van der Waals surface area contributed by atoms with Gasteiger partial charge < -0.3 is 19.9 Å². The van der Waals surface area contributed by atoms with E-state index in [1.54, 1.807) is 23.7 Å². The fraction of sp³-hybridized carbons (Fsp3) is 0.429. The van der Waals surface area contributed by atoms with E-state index in [4.69, 9.17) is 4.74 Å². The van der Waals surface area contributed by atoms with E-state index in [2.05, 4.69) is 46.8 Å². The van der Waals surface area contributed by atoms with Gasteiger partial charge in [-0.15, -0.1) is 24.0 Å². The van der Waals surface area contributed by atoms with Gasteiger partial charge in [-0.05, 0) is 37.0 Å². The lowest BCUT2D eigenvalue weighted by Crippen LogP contribution is -2.45. The molecule has 0 bridgehead atoms. The van der Waals surface area contributed by atoms with Crippen LogP contribution >= 0.6 is 24.0 Å². The summed E-state index contributed by atoms with van der Waals surface area (Å²) in [6.07, 6.45) is 4.00. The highest BCUT2D eigenvalue weighted by atomic mass is 127. The van der Waals surface area contributed by atoms with Gasteiger partial charge in [0.2, 0.25) is 0 Å². The molecular weight excluding hydrogens is 467 g/mol. The first-order valence-corrected chi connectivity index (χ1v) is 9.40. The first-order chi connectivity index (χ1) is 13.1. The number of hydrogen-bond acceptors (Lipinski definition) is 3. The summed E-state index contributed by atoms with van der Waals surface area (Å²) in [4.78, 5) is 16.1. The van der Waals surface area contributed by atoms with Crippen molar-refractivity contribution in [2.75, 3.05) is 20.2 Å². The molecule has 0 amide bonds. The highest BCUT2D eigenvalue weighted by Gasteiger charge is 2.29. The van der Waals surface area contributed by atoms with Crippen LogP contribution in [0.2, 0.25) is 0 Å². The minimum Gasteiger partial charge on any atom is -0.373 e. The first kappa shape index (κ1) is 22.4. The summed E-state index contributed by atoms with van der Waals surface area (Å²) in [5.41, 5.74) is 2.17. The fourth-order valence-corrected chi connectivity index (χ4v) is 3.20. The molecule has 1 unspecified atom stereocenters. The first-order valence-electron chi connectivity index (χ1n) is 9.40. The second-order valence-corrected chi connectivity index (χ2v) is 7.16. The van der Waals surface area contributed by atoms with Gasteiger partial charge in [0.1, 0.15) is 0 Å². The minimum absolute atomic E-state index is 0. The van der Waals surface area contributed by atoms with Crippen LogP contribution in [0.3, 0.4) is 0 Å². The molecule has 1 aromatic carbocycles. The third-order valence-electron chi connectivity index (χ3n) is 4.89. The summed E-state index contributed by atoms with van der Waals surface area (Å²) in [5, 5.41) is 6.68. The van der Waals surface area contributed by atoms with E-state index in [1.165, 1.54) is 0 Å². The molecule has 1 aliphatic heterocycles. The van der Waals surface area contributed by atoms with E-state index < -0.39 is 0 Å². The van der Waals surface area contributed by atoms with Crippen LogP contribution in [0.25, 0.3) is 0 Å². The van der Waals surface area contributed by atoms with Crippen LogP contribution in [0.4, 0.5) is 0 Å². The maximum Gasteiger partial charge on any atom is 0.250 e. The Morgan fingerprint density at radius 2 is 1.93 bits per heavy atom. The molecule has 152 valence electrons. The average Bonchev–Trinajstić information content (AvgIpc) is 3.12. The van der Waals surface area contributed by atoms with Gasteiger partial charge in [-0.25, -0.2) is 0 Å². The number of pyridine rings is 1. The maximum atomic E-state index is 11.8. The molecule has 0 aliphatic carbocycles. The molecular formula is C21H29IN4O2. The number of aromatic nitrogens is 1. The number of ether oxygens (including phenoxy) is 1. The van der Waals surface area contributed by atoms with Crippen LogP contribution in [0.1, 0.15) is 30.9 Å². The summed E-state index contributed by atoms with van der Waals surface area (Å²) in [5.74, 6) is 0.770. The van der Waals surface area contributed by atoms with Crippen molar-refractivity contribution in [3.8, 4) is 0 Å². The fourth-order valence-electron chi connectivity index (χ4n) is 3.20. The van der Waals surface area contributed by atoms with Crippen molar-refractivity contribution in [3.63, 3.8) is 0 Å². The Balaban J connectivity index is 0.00000280. The number of nitrogens with one attached hydrogen (secondary N) is 2. The zero-order chi connectivity index (χ0) is 19.1. The standard InChI is InChI=1S/C21H28N4O2.HI/c1-21(11-5-13-27-21)16-24-20(22-2)23-14-17-7-9-18(10-8-17)15-25-12-4-3-6-19(25)26;/h3-4,6-10,12H,5,11,13-16H2,1-2H3,(H2,22,23,24);1H. The minimum atomic E-state index is -0.102. The zero-order valence-corrected chi connectivity index (χ0v) is 18.8. The molecule has 7 heteroatoms. The van der Waals surface area contributed by atoms with Crippen LogP contribution in [0, 0.1) is 0 Å². The molecule has 28 heavy (non-hydrogen) atoms. The summed E-state index contributed by atoms with van der Waals surface area (Å²) in [6.45, 7) is 4.98. The van der Waals surface area contributed by atoms with Gasteiger partial charge in [0, 0.05) is 39.0 Å². The topological polar surface area (TPSA) is 67.7 Å². The van der Waals surface area contributed by atoms with Gasteiger partial charge >= 0.3 is 0 Å². The number of nitrogens with zero attached hydrogens (tertiary/aromatic N) is 2. The maximum absolute atomic E-state index is 11.8. The number of rotatable bonds is 6. The summed E-state index contributed by atoms with van der Waals surface area (Å²) >= 11 is 0.